The normalized spacial score (nSPS) is 35.1. The van der Waals surface area contributed by atoms with Gasteiger partial charge < -0.3 is 30.6 Å². The molecule has 1 amide bonds. The van der Waals surface area contributed by atoms with Crippen LogP contribution in [0.4, 0.5) is 0 Å². The van der Waals surface area contributed by atoms with Gasteiger partial charge in [0.05, 0.1) is 12.3 Å². The van der Waals surface area contributed by atoms with Crippen LogP contribution in [0.3, 0.4) is 0 Å². The molecule has 106 valence electrons. The van der Waals surface area contributed by atoms with Crippen molar-refractivity contribution in [3.05, 3.63) is 18.2 Å². The van der Waals surface area contributed by atoms with Crippen LogP contribution in [0.15, 0.2) is 12.5 Å². The fraction of sp³-hybridized carbons (Fsp3) is 0.600. The summed E-state index contributed by atoms with van der Waals surface area (Å²) >= 11 is 0. The Morgan fingerprint density at radius 1 is 1.42 bits per heavy atom. The first-order valence-electron chi connectivity index (χ1n) is 5.60. The molecule has 0 aromatic carbocycles. The molecule has 1 aromatic rings. The van der Waals surface area contributed by atoms with Crippen molar-refractivity contribution in [2.24, 2.45) is 5.73 Å². The van der Waals surface area contributed by atoms with Crippen LogP contribution in [-0.2, 0) is 4.74 Å². The zero-order valence-corrected chi connectivity index (χ0v) is 10.1. The van der Waals surface area contributed by atoms with Crippen molar-refractivity contribution in [2.75, 3.05) is 0 Å². The van der Waals surface area contributed by atoms with E-state index in [4.69, 9.17) is 15.3 Å². The van der Waals surface area contributed by atoms with Crippen molar-refractivity contribution in [2.45, 2.75) is 37.6 Å². The van der Waals surface area contributed by atoms with Crippen LogP contribution >= 0.6 is 0 Å². The predicted molar refractivity (Wildman–Crippen MR) is 59.7 cm³/mol. The molecule has 0 saturated carbocycles. The van der Waals surface area contributed by atoms with E-state index in [1.54, 1.807) is 0 Å². The van der Waals surface area contributed by atoms with Crippen molar-refractivity contribution in [3.63, 3.8) is 0 Å². The highest BCUT2D eigenvalue weighted by Gasteiger charge is 2.43. The average Bonchev–Trinajstić information content (AvgIpc) is 2.81. The lowest BCUT2D eigenvalue weighted by Gasteiger charge is -2.38. The van der Waals surface area contributed by atoms with Gasteiger partial charge in [0.1, 0.15) is 24.6 Å². The zero-order valence-electron chi connectivity index (χ0n) is 10.1. The molecule has 1 fully saturated rings. The largest absolute Gasteiger partial charge is 0.388 e. The number of nitrogens with two attached hydrogens (primary N) is 1. The van der Waals surface area contributed by atoms with Crippen LogP contribution in [0.5, 0.6) is 0 Å². The first-order valence-corrected chi connectivity index (χ1v) is 5.60. The molecule has 2 heterocycles. The SMILES string of the molecule is C[C@H]1OC(On2cncc2C(N)=O)[C@@H](O)[C@@H](O)[C@@H]1O. The maximum absolute atomic E-state index is 11.1. The van der Waals surface area contributed by atoms with E-state index in [1.165, 1.54) is 13.1 Å². The van der Waals surface area contributed by atoms with Gasteiger partial charge in [0.2, 0.25) is 0 Å². The molecule has 9 heteroatoms. The molecule has 1 aliphatic heterocycles. The Kier molecular flexibility index (Phi) is 3.71. The smallest absolute Gasteiger partial charge is 0.270 e. The highest BCUT2D eigenvalue weighted by Crippen LogP contribution is 2.20. The van der Waals surface area contributed by atoms with Crippen LogP contribution in [0.25, 0.3) is 0 Å². The summed E-state index contributed by atoms with van der Waals surface area (Å²) in [5, 5.41) is 28.9. The van der Waals surface area contributed by atoms with Gasteiger partial charge in [-0.3, -0.25) is 4.79 Å². The number of imidazole rings is 1. The van der Waals surface area contributed by atoms with Crippen LogP contribution < -0.4 is 10.6 Å². The number of carbonyl (C=O) groups is 1. The third-order valence-electron chi connectivity index (χ3n) is 2.88. The summed E-state index contributed by atoms with van der Waals surface area (Å²) < 4.78 is 6.14. The molecule has 0 spiro atoms. The van der Waals surface area contributed by atoms with E-state index < -0.39 is 36.6 Å². The summed E-state index contributed by atoms with van der Waals surface area (Å²) in [5.74, 6) is -0.767. The number of primary amides is 1. The van der Waals surface area contributed by atoms with Gasteiger partial charge in [0.15, 0.2) is 5.69 Å². The van der Waals surface area contributed by atoms with Gasteiger partial charge in [-0.1, -0.05) is 0 Å². The Morgan fingerprint density at radius 3 is 2.74 bits per heavy atom. The summed E-state index contributed by atoms with van der Waals surface area (Å²) in [6, 6.07) is 0. The molecule has 1 aromatic heterocycles. The van der Waals surface area contributed by atoms with Crippen molar-refractivity contribution in [1.29, 1.82) is 0 Å². The minimum atomic E-state index is -1.48. The minimum absolute atomic E-state index is 0.0379. The lowest BCUT2D eigenvalue weighted by molar-refractivity contribution is -0.292. The molecular weight excluding hydrogens is 258 g/mol. The molecule has 0 aliphatic carbocycles. The third-order valence-corrected chi connectivity index (χ3v) is 2.88. The van der Waals surface area contributed by atoms with Gasteiger partial charge in [-0.05, 0) is 6.92 Å². The quantitative estimate of drug-likeness (QED) is 0.467. The Morgan fingerprint density at radius 2 is 2.11 bits per heavy atom. The van der Waals surface area contributed by atoms with E-state index in [-0.39, 0.29) is 5.69 Å². The van der Waals surface area contributed by atoms with Crippen molar-refractivity contribution in [1.82, 2.24) is 9.71 Å². The van der Waals surface area contributed by atoms with E-state index in [2.05, 4.69) is 4.98 Å². The number of hydrogen-bond donors (Lipinski definition) is 4. The molecule has 1 aliphatic rings. The second kappa shape index (κ2) is 5.13. The molecule has 0 bridgehead atoms. The summed E-state index contributed by atoms with van der Waals surface area (Å²) in [6.07, 6.45) is -3.79. The van der Waals surface area contributed by atoms with Gasteiger partial charge in [-0.25, -0.2) is 4.98 Å². The molecule has 9 nitrogen and oxygen atoms in total. The fourth-order valence-electron chi connectivity index (χ4n) is 1.75. The first kappa shape index (κ1) is 13.7. The monoisotopic (exact) mass is 273 g/mol. The van der Waals surface area contributed by atoms with E-state index in [1.807, 2.05) is 0 Å². The zero-order chi connectivity index (χ0) is 14.2. The molecule has 1 saturated heterocycles. The van der Waals surface area contributed by atoms with Crippen LogP contribution in [0.1, 0.15) is 17.4 Å². The second-order valence-electron chi connectivity index (χ2n) is 4.26. The Balaban J connectivity index is 2.14. The van der Waals surface area contributed by atoms with Crippen LogP contribution in [0.2, 0.25) is 0 Å². The molecule has 1 unspecified atom stereocenters. The van der Waals surface area contributed by atoms with Gasteiger partial charge in [-0.2, -0.15) is 4.73 Å². The number of amides is 1. The lowest BCUT2D eigenvalue weighted by atomic mass is 10.0. The van der Waals surface area contributed by atoms with E-state index in [0.29, 0.717) is 0 Å². The van der Waals surface area contributed by atoms with E-state index >= 15 is 0 Å². The van der Waals surface area contributed by atoms with Gasteiger partial charge >= 0.3 is 0 Å². The predicted octanol–water partition coefficient (Wildman–Crippen LogP) is -2.76. The Bertz CT molecular complexity index is 464. The summed E-state index contributed by atoms with van der Waals surface area (Å²) in [6.45, 7) is 1.51. The van der Waals surface area contributed by atoms with Crippen LogP contribution in [-0.4, -0.2) is 61.6 Å². The summed E-state index contributed by atoms with van der Waals surface area (Å²) in [5.41, 5.74) is 5.07. The molecule has 19 heavy (non-hydrogen) atoms. The Labute approximate surface area is 108 Å². The average molecular weight is 273 g/mol. The summed E-state index contributed by atoms with van der Waals surface area (Å²) in [7, 11) is 0. The highest BCUT2D eigenvalue weighted by molar-refractivity contribution is 5.90. The Hall–Kier alpha value is -1.68. The number of carbonyl (C=O) groups excluding carboxylic acids is 1. The minimum Gasteiger partial charge on any atom is -0.388 e. The molecule has 5 N–H and O–H groups in total. The van der Waals surface area contributed by atoms with Crippen molar-refractivity contribution >= 4 is 5.91 Å². The van der Waals surface area contributed by atoms with Gasteiger partial charge in [0.25, 0.3) is 12.2 Å². The number of aliphatic hydroxyl groups is 3. The number of aromatic nitrogens is 2. The fourth-order valence-corrected chi connectivity index (χ4v) is 1.75. The van der Waals surface area contributed by atoms with Gasteiger partial charge in [0, 0.05) is 0 Å². The second-order valence-corrected chi connectivity index (χ2v) is 4.26. The topological polar surface area (TPSA) is 140 Å². The maximum Gasteiger partial charge on any atom is 0.270 e. The maximum atomic E-state index is 11.1. The van der Waals surface area contributed by atoms with Crippen LogP contribution in [0, 0.1) is 0 Å². The summed E-state index contributed by atoms with van der Waals surface area (Å²) in [4.78, 5) is 19.9. The molecular formula is C10H15N3O6. The standard InChI is InChI=1S/C10H15N3O6/c1-4-6(14)7(15)8(16)10(18-4)19-13-3-12-2-5(13)9(11)17/h2-4,6-8,10,14-16H,1H3,(H2,11,17)/t4-,6-,7+,8+,10?/m1/s1. The molecule has 5 atom stereocenters. The molecule has 2 rings (SSSR count). The number of ether oxygens (including phenoxy) is 1. The number of rotatable bonds is 3. The lowest BCUT2D eigenvalue weighted by Crippen LogP contribution is -2.59. The highest BCUT2D eigenvalue weighted by atomic mass is 16.8. The van der Waals surface area contributed by atoms with Crippen molar-refractivity contribution in [3.8, 4) is 0 Å². The number of aliphatic hydroxyl groups excluding tert-OH is 3. The van der Waals surface area contributed by atoms with E-state index in [0.717, 1.165) is 11.1 Å². The van der Waals surface area contributed by atoms with Crippen molar-refractivity contribution < 1.29 is 29.7 Å². The van der Waals surface area contributed by atoms with Gasteiger partial charge in [-0.15, -0.1) is 0 Å². The number of hydrogen-bond acceptors (Lipinski definition) is 7. The first-order chi connectivity index (χ1) is 8.91. The third kappa shape index (κ3) is 2.54. The molecule has 0 radical (unpaired) electrons. The number of nitrogens with zero attached hydrogens (tertiary/aromatic N) is 2. The van der Waals surface area contributed by atoms with E-state index in [9.17, 15) is 20.1 Å².